The van der Waals surface area contributed by atoms with Gasteiger partial charge in [-0.25, -0.2) is 0 Å². The average Bonchev–Trinajstić information content (AvgIpc) is 2.12. The van der Waals surface area contributed by atoms with E-state index in [1.165, 1.54) is 32.5 Å². The molecule has 1 nitrogen and oxygen atoms in total. The summed E-state index contributed by atoms with van der Waals surface area (Å²) in [6, 6.07) is 0. The first kappa shape index (κ1) is 7.60. The van der Waals surface area contributed by atoms with Gasteiger partial charge in [-0.2, -0.15) is 0 Å². The zero-order valence-corrected chi connectivity index (χ0v) is 7.71. The third-order valence-electron chi connectivity index (χ3n) is 3.18. The van der Waals surface area contributed by atoms with Crippen LogP contribution >= 0.6 is 0 Å². The van der Waals surface area contributed by atoms with Crippen molar-refractivity contribution in [1.29, 1.82) is 0 Å². The van der Waals surface area contributed by atoms with Crippen LogP contribution in [0.2, 0.25) is 0 Å². The summed E-state index contributed by atoms with van der Waals surface area (Å²) < 4.78 is 0. The molecule has 2 unspecified atom stereocenters. The monoisotopic (exact) mass is 153 g/mol. The molecule has 1 saturated carbocycles. The summed E-state index contributed by atoms with van der Waals surface area (Å²) in [6.45, 7) is 8.78. The van der Waals surface area contributed by atoms with Crippen LogP contribution < -0.4 is 0 Å². The van der Waals surface area contributed by atoms with Crippen molar-refractivity contribution in [2.45, 2.75) is 26.7 Å². The molecule has 1 heterocycles. The molecule has 0 bridgehead atoms. The van der Waals surface area contributed by atoms with E-state index in [0.29, 0.717) is 0 Å². The molecule has 11 heavy (non-hydrogen) atoms. The van der Waals surface area contributed by atoms with Gasteiger partial charge in [0, 0.05) is 19.6 Å². The minimum absolute atomic E-state index is 0.854. The van der Waals surface area contributed by atoms with E-state index in [1.54, 1.807) is 0 Å². The van der Waals surface area contributed by atoms with Crippen LogP contribution in [0.15, 0.2) is 0 Å². The van der Waals surface area contributed by atoms with Crippen LogP contribution in [0.3, 0.4) is 0 Å². The lowest BCUT2D eigenvalue weighted by Crippen LogP contribution is -2.24. The zero-order valence-electron chi connectivity index (χ0n) is 7.71. The highest BCUT2D eigenvalue weighted by molar-refractivity contribution is 4.91. The second-order valence-electron chi connectivity index (χ2n) is 4.71. The zero-order chi connectivity index (χ0) is 7.84. The van der Waals surface area contributed by atoms with E-state index >= 15 is 0 Å². The fraction of sp³-hybridized carbons (Fsp3) is 1.00. The molecule has 1 aliphatic carbocycles. The van der Waals surface area contributed by atoms with Gasteiger partial charge in [0.1, 0.15) is 0 Å². The maximum Gasteiger partial charge on any atom is 0.00130 e. The molecule has 2 fully saturated rings. The molecular weight excluding hydrogens is 134 g/mol. The predicted molar refractivity (Wildman–Crippen MR) is 47.5 cm³/mol. The Hall–Kier alpha value is -0.0400. The molecule has 0 aromatic carbocycles. The Bertz CT molecular complexity index is 127. The molecule has 1 aliphatic heterocycles. The molecule has 0 aromatic rings. The van der Waals surface area contributed by atoms with Gasteiger partial charge in [-0.3, -0.25) is 0 Å². The van der Waals surface area contributed by atoms with Gasteiger partial charge in [-0.05, 0) is 30.6 Å². The van der Waals surface area contributed by atoms with Crippen molar-refractivity contribution < 1.29 is 0 Å². The molecular formula is C10H19N. The Morgan fingerprint density at radius 3 is 2.09 bits per heavy atom. The SMILES string of the molecule is CC(C)CN1CC2CCC2C1. The van der Waals surface area contributed by atoms with Gasteiger partial charge < -0.3 is 4.90 Å². The molecule has 2 rings (SSSR count). The van der Waals surface area contributed by atoms with Crippen molar-refractivity contribution in [3.63, 3.8) is 0 Å². The Balaban J connectivity index is 1.80. The van der Waals surface area contributed by atoms with Gasteiger partial charge in [-0.15, -0.1) is 0 Å². The molecule has 1 saturated heterocycles. The van der Waals surface area contributed by atoms with Gasteiger partial charge >= 0.3 is 0 Å². The first-order valence-electron chi connectivity index (χ1n) is 4.98. The molecule has 0 aromatic heterocycles. The first-order chi connectivity index (χ1) is 5.25. The first-order valence-corrected chi connectivity index (χ1v) is 4.98. The second kappa shape index (κ2) is 2.78. The average molecular weight is 153 g/mol. The van der Waals surface area contributed by atoms with Gasteiger partial charge in [0.25, 0.3) is 0 Å². The molecule has 2 aliphatic rings. The highest BCUT2D eigenvalue weighted by atomic mass is 15.2. The summed E-state index contributed by atoms with van der Waals surface area (Å²) in [5.41, 5.74) is 0. The van der Waals surface area contributed by atoms with Gasteiger partial charge in [0.05, 0.1) is 0 Å². The smallest absolute Gasteiger partial charge is 0.00130 e. The van der Waals surface area contributed by atoms with Crippen LogP contribution in [0.5, 0.6) is 0 Å². The lowest BCUT2D eigenvalue weighted by atomic mass is 9.77. The summed E-state index contributed by atoms with van der Waals surface area (Å²) in [6.07, 6.45) is 3.03. The summed E-state index contributed by atoms with van der Waals surface area (Å²) in [5.74, 6) is 3.04. The molecule has 0 amide bonds. The van der Waals surface area contributed by atoms with E-state index < -0.39 is 0 Å². The van der Waals surface area contributed by atoms with E-state index in [4.69, 9.17) is 0 Å². The number of fused-ring (bicyclic) bond motifs is 1. The van der Waals surface area contributed by atoms with Crippen LogP contribution in [0.4, 0.5) is 0 Å². The minimum atomic E-state index is 0.854. The predicted octanol–water partition coefficient (Wildman–Crippen LogP) is 1.98. The van der Waals surface area contributed by atoms with Crippen LogP contribution in [-0.2, 0) is 0 Å². The Labute approximate surface area is 69.8 Å². The molecule has 0 N–H and O–H groups in total. The summed E-state index contributed by atoms with van der Waals surface area (Å²) in [7, 11) is 0. The highest BCUT2D eigenvalue weighted by Crippen LogP contribution is 2.40. The molecule has 64 valence electrons. The highest BCUT2D eigenvalue weighted by Gasteiger charge is 2.38. The van der Waals surface area contributed by atoms with Crippen molar-refractivity contribution in [2.24, 2.45) is 17.8 Å². The Morgan fingerprint density at radius 1 is 1.18 bits per heavy atom. The number of rotatable bonds is 2. The lowest BCUT2D eigenvalue weighted by molar-refractivity contribution is 0.243. The van der Waals surface area contributed by atoms with Gasteiger partial charge in [-0.1, -0.05) is 13.8 Å². The summed E-state index contributed by atoms with van der Waals surface area (Å²) in [5, 5.41) is 0. The quantitative estimate of drug-likeness (QED) is 0.586. The summed E-state index contributed by atoms with van der Waals surface area (Å²) >= 11 is 0. The number of hydrogen-bond donors (Lipinski definition) is 0. The molecule has 0 radical (unpaired) electrons. The Morgan fingerprint density at radius 2 is 1.73 bits per heavy atom. The minimum Gasteiger partial charge on any atom is -0.303 e. The van der Waals surface area contributed by atoms with E-state index in [9.17, 15) is 0 Å². The van der Waals surface area contributed by atoms with Crippen molar-refractivity contribution in [3.8, 4) is 0 Å². The van der Waals surface area contributed by atoms with Crippen LogP contribution in [0.1, 0.15) is 26.7 Å². The normalized spacial score (nSPS) is 37.4. The molecule has 0 spiro atoms. The number of hydrogen-bond acceptors (Lipinski definition) is 1. The van der Waals surface area contributed by atoms with Crippen molar-refractivity contribution in [1.82, 2.24) is 4.90 Å². The van der Waals surface area contributed by atoms with Crippen LogP contribution in [0.25, 0.3) is 0 Å². The van der Waals surface area contributed by atoms with Gasteiger partial charge in [0.2, 0.25) is 0 Å². The third kappa shape index (κ3) is 1.44. The van der Waals surface area contributed by atoms with Gasteiger partial charge in [0.15, 0.2) is 0 Å². The van der Waals surface area contributed by atoms with Crippen molar-refractivity contribution in [3.05, 3.63) is 0 Å². The summed E-state index contributed by atoms with van der Waals surface area (Å²) in [4.78, 5) is 2.66. The Kier molecular flexibility index (Phi) is 1.92. The third-order valence-corrected chi connectivity index (χ3v) is 3.18. The van der Waals surface area contributed by atoms with Crippen molar-refractivity contribution >= 4 is 0 Å². The van der Waals surface area contributed by atoms with Crippen LogP contribution in [-0.4, -0.2) is 24.5 Å². The largest absolute Gasteiger partial charge is 0.303 e. The fourth-order valence-electron chi connectivity index (χ4n) is 2.52. The maximum atomic E-state index is 2.66. The van der Waals surface area contributed by atoms with E-state index in [0.717, 1.165) is 17.8 Å². The van der Waals surface area contributed by atoms with Crippen LogP contribution in [0, 0.1) is 17.8 Å². The molecule has 1 heteroatoms. The number of likely N-dealkylation sites (tertiary alicyclic amines) is 1. The lowest BCUT2D eigenvalue weighted by Gasteiger charge is -2.28. The van der Waals surface area contributed by atoms with Crippen molar-refractivity contribution in [2.75, 3.05) is 19.6 Å². The van der Waals surface area contributed by atoms with E-state index in [2.05, 4.69) is 18.7 Å². The maximum absolute atomic E-state index is 2.66. The second-order valence-corrected chi connectivity index (χ2v) is 4.71. The van der Waals surface area contributed by atoms with E-state index in [1.807, 2.05) is 0 Å². The topological polar surface area (TPSA) is 3.24 Å². The standard InChI is InChI=1S/C10H19N/c1-8(2)5-11-6-9-3-4-10(9)7-11/h8-10H,3-7H2,1-2H3. The van der Waals surface area contributed by atoms with E-state index in [-0.39, 0.29) is 0 Å². The fourth-order valence-corrected chi connectivity index (χ4v) is 2.52. The number of nitrogens with zero attached hydrogens (tertiary/aromatic N) is 1. The molecule has 2 atom stereocenters.